The molecule has 0 bridgehead atoms. The first-order valence-corrected chi connectivity index (χ1v) is 9.12. The van der Waals surface area contributed by atoms with Crippen molar-refractivity contribution in [1.29, 1.82) is 0 Å². The maximum atomic E-state index is 12.9. The molecule has 0 aliphatic heterocycles. The Kier molecular flexibility index (Phi) is 6.09. The molecular formula is C20H18IOP. The molecule has 0 N–H and O–H groups in total. The van der Waals surface area contributed by atoms with Gasteiger partial charge in [-0.25, -0.2) is 0 Å². The predicted molar refractivity (Wildman–Crippen MR) is 95.8 cm³/mol. The molecule has 23 heavy (non-hydrogen) atoms. The van der Waals surface area contributed by atoms with Crippen LogP contribution in [0, 0.1) is 0 Å². The van der Waals surface area contributed by atoms with E-state index in [-0.39, 0.29) is 29.5 Å². The van der Waals surface area contributed by atoms with Crippen molar-refractivity contribution in [2.45, 2.75) is 6.92 Å². The van der Waals surface area contributed by atoms with E-state index in [4.69, 9.17) is 0 Å². The topological polar surface area (TPSA) is 17.1 Å². The molecule has 0 aliphatic rings. The van der Waals surface area contributed by atoms with E-state index in [1.165, 1.54) is 0 Å². The van der Waals surface area contributed by atoms with Gasteiger partial charge >= 0.3 is 0 Å². The highest BCUT2D eigenvalue weighted by Crippen LogP contribution is 2.55. The van der Waals surface area contributed by atoms with Crippen molar-refractivity contribution in [2.75, 3.05) is 0 Å². The molecule has 3 aromatic rings. The third-order valence-corrected chi connectivity index (χ3v) is 8.07. The van der Waals surface area contributed by atoms with Crippen LogP contribution in [0.2, 0.25) is 0 Å². The van der Waals surface area contributed by atoms with Gasteiger partial charge in [-0.05, 0) is 36.4 Å². The number of hydrogen-bond acceptors (Lipinski definition) is 1. The van der Waals surface area contributed by atoms with Gasteiger partial charge in [-0.15, -0.1) is 0 Å². The maximum Gasteiger partial charge on any atom is 0.280 e. The quantitative estimate of drug-likeness (QED) is 0.435. The Bertz CT molecular complexity index is 661. The fourth-order valence-corrected chi connectivity index (χ4v) is 6.79. The van der Waals surface area contributed by atoms with E-state index in [1.54, 1.807) is 6.92 Å². The SMILES string of the molecule is CC(=O)[P+](c1ccccc1)(c1ccccc1)c1ccccc1.[I-]. The summed E-state index contributed by atoms with van der Waals surface area (Å²) in [5, 5.41) is 3.33. The molecule has 0 saturated heterocycles. The smallest absolute Gasteiger partial charge is 0.280 e. The number of halogens is 1. The summed E-state index contributed by atoms with van der Waals surface area (Å²) in [6, 6.07) is 30.5. The van der Waals surface area contributed by atoms with Gasteiger partial charge in [0.05, 0.1) is 0 Å². The third-order valence-electron chi connectivity index (χ3n) is 3.90. The minimum atomic E-state index is -2.26. The summed E-state index contributed by atoms with van der Waals surface area (Å²) >= 11 is 0. The van der Waals surface area contributed by atoms with Gasteiger partial charge in [0.1, 0.15) is 15.9 Å². The number of carbonyl (C=O) groups is 1. The first-order valence-electron chi connectivity index (χ1n) is 7.33. The fourth-order valence-electron chi connectivity index (χ4n) is 2.95. The van der Waals surface area contributed by atoms with Crippen molar-refractivity contribution in [3.63, 3.8) is 0 Å². The van der Waals surface area contributed by atoms with Crippen molar-refractivity contribution in [2.24, 2.45) is 0 Å². The minimum absolute atomic E-state index is 0. The largest absolute Gasteiger partial charge is 1.00 e. The van der Waals surface area contributed by atoms with Gasteiger partial charge in [0, 0.05) is 6.92 Å². The molecule has 0 aliphatic carbocycles. The van der Waals surface area contributed by atoms with Gasteiger partial charge < -0.3 is 24.0 Å². The Morgan fingerprint density at radius 2 is 0.870 bits per heavy atom. The lowest BCUT2D eigenvalue weighted by molar-refractivity contribution is -0.109. The molecule has 0 aromatic heterocycles. The summed E-state index contributed by atoms with van der Waals surface area (Å²) in [5.41, 5.74) is 0.232. The van der Waals surface area contributed by atoms with Crippen LogP contribution in [0.4, 0.5) is 0 Å². The second kappa shape index (κ2) is 7.85. The molecule has 0 spiro atoms. The first-order chi connectivity index (χ1) is 10.8. The molecule has 1 nitrogen and oxygen atoms in total. The standard InChI is InChI=1S/C20H18OP.HI/c1-17(21)22(18-11-5-2-6-12-18,19-13-7-3-8-14-19)20-15-9-4-10-16-20;/h2-16H,1H3;1H/q+1;/p-1. The van der Waals surface area contributed by atoms with Crippen LogP contribution in [0.1, 0.15) is 6.92 Å². The minimum Gasteiger partial charge on any atom is -1.00 e. The first kappa shape index (κ1) is 17.8. The van der Waals surface area contributed by atoms with E-state index in [0.717, 1.165) is 15.9 Å². The van der Waals surface area contributed by atoms with Gasteiger partial charge in [-0.3, -0.25) is 4.79 Å². The molecule has 0 heterocycles. The monoisotopic (exact) mass is 432 g/mol. The highest BCUT2D eigenvalue weighted by Gasteiger charge is 2.50. The molecular weight excluding hydrogens is 414 g/mol. The van der Waals surface area contributed by atoms with Crippen LogP contribution in [0.3, 0.4) is 0 Å². The van der Waals surface area contributed by atoms with Gasteiger partial charge in [0.15, 0.2) is 7.26 Å². The second-order valence-corrected chi connectivity index (χ2v) is 8.72. The fraction of sp³-hybridized carbons (Fsp3) is 0.0500. The number of rotatable bonds is 4. The zero-order valence-corrected chi connectivity index (χ0v) is 15.9. The Morgan fingerprint density at radius 1 is 0.609 bits per heavy atom. The van der Waals surface area contributed by atoms with Gasteiger partial charge in [-0.1, -0.05) is 54.6 Å². The van der Waals surface area contributed by atoms with Crippen LogP contribution in [-0.4, -0.2) is 5.52 Å². The average molecular weight is 432 g/mol. The van der Waals surface area contributed by atoms with Crippen molar-refractivity contribution in [3.8, 4) is 0 Å². The van der Waals surface area contributed by atoms with Crippen LogP contribution < -0.4 is 39.9 Å². The molecule has 0 atom stereocenters. The summed E-state index contributed by atoms with van der Waals surface area (Å²) in [7, 11) is -2.26. The summed E-state index contributed by atoms with van der Waals surface area (Å²) in [6.45, 7) is 1.72. The molecule has 116 valence electrons. The lowest BCUT2D eigenvalue weighted by Crippen LogP contribution is -3.00. The van der Waals surface area contributed by atoms with E-state index >= 15 is 0 Å². The van der Waals surface area contributed by atoms with E-state index in [9.17, 15) is 4.79 Å². The summed E-state index contributed by atoms with van der Waals surface area (Å²) in [6.07, 6.45) is 0. The Morgan fingerprint density at radius 3 is 1.09 bits per heavy atom. The predicted octanol–water partition coefficient (Wildman–Crippen LogP) is 0.531. The lowest BCUT2D eigenvalue weighted by atomic mass is 10.4. The summed E-state index contributed by atoms with van der Waals surface area (Å²) in [4.78, 5) is 12.9. The zero-order valence-electron chi connectivity index (χ0n) is 12.9. The Balaban J connectivity index is 0.00000192. The van der Waals surface area contributed by atoms with E-state index in [0.29, 0.717) is 0 Å². The molecule has 0 unspecified atom stereocenters. The highest BCUT2D eigenvalue weighted by atomic mass is 127. The Hall–Kier alpha value is -1.51. The molecule has 3 heteroatoms. The Labute approximate surface area is 155 Å². The van der Waals surface area contributed by atoms with Crippen LogP contribution in [0.15, 0.2) is 91.0 Å². The van der Waals surface area contributed by atoms with Crippen molar-refractivity contribution in [3.05, 3.63) is 91.0 Å². The van der Waals surface area contributed by atoms with Crippen molar-refractivity contribution < 1.29 is 28.8 Å². The van der Waals surface area contributed by atoms with Gasteiger partial charge in [-0.2, -0.15) is 0 Å². The molecule has 3 aromatic carbocycles. The molecule has 3 rings (SSSR count). The number of hydrogen-bond donors (Lipinski definition) is 0. The normalized spacial score (nSPS) is 10.7. The van der Waals surface area contributed by atoms with Crippen LogP contribution in [-0.2, 0) is 4.79 Å². The zero-order chi connectivity index (χ0) is 15.4. The van der Waals surface area contributed by atoms with Crippen LogP contribution >= 0.6 is 7.26 Å². The summed E-state index contributed by atoms with van der Waals surface area (Å²) < 4.78 is 0. The molecule has 0 saturated carbocycles. The van der Waals surface area contributed by atoms with Crippen LogP contribution in [0.25, 0.3) is 0 Å². The van der Waals surface area contributed by atoms with Crippen LogP contribution in [0.5, 0.6) is 0 Å². The molecule has 0 fully saturated rings. The van der Waals surface area contributed by atoms with Gasteiger partial charge in [0.25, 0.3) is 5.52 Å². The molecule has 0 amide bonds. The lowest BCUT2D eigenvalue weighted by Gasteiger charge is -2.23. The highest BCUT2D eigenvalue weighted by molar-refractivity contribution is 8.08. The number of carbonyl (C=O) groups excluding carboxylic acids is 1. The van der Waals surface area contributed by atoms with E-state index < -0.39 is 7.26 Å². The van der Waals surface area contributed by atoms with Crippen molar-refractivity contribution in [1.82, 2.24) is 0 Å². The third kappa shape index (κ3) is 3.24. The average Bonchev–Trinajstić information content (AvgIpc) is 2.58. The van der Waals surface area contributed by atoms with E-state index in [1.807, 2.05) is 54.6 Å². The maximum absolute atomic E-state index is 12.9. The van der Waals surface area contributed by atoms with Crippen molar-refractivity contribution >= 4 is 28.7 Å². The number of benzene rings is 3. The van der Waals surface area contributed by atoms with E-state index in [2.05, 4.69) is 36.4 Å². The molecule has 0 radical (unpaired) electrons. The van der Waals surface area contributed by atoms with Gasteiger partial charge in [0.2, 0.25) is 0 Å². The second-order valence-electron chi connectivity index (χ2n) is 5.20. The summed E-state index contributed by atoms with van der Waals surface area (Å²) in [5.74, 6) is 0.